The predicted octanol–water partition coefficient (Wildman–Crippen LogP) is 3.76. The van der Waals surface area contributed by atoms with Crippen molar-refractivity contribution in [2.24, 2.45) is 0 Å². The van der Waals surface area contributed by atoms with Crippen LogP contribution < -0.4 is 5.32 Å². The van der Waals surface area contributed by atoms with Gasteiger partial charge in [-0.2, -0.15) is 0 Å². The Balaban J connectivity index is 2.64. The first-order valence-corrected chi connectivity index (χ1v) is 6.47. The van der Waals surface area contributed by atoms with Crippen molar-refractivity contribution in [2.45, 2.75) is 45.7 Å². The van der Waals surface area contributed by atoms with E-state index in [1.165, 1.54) is 0 Å². The number of rotatable bonds is 3. The summed E-state index contributed by atoms with van der Waals surface area (Å²) in [6, 6.07) is 5.92. The van der Waals surface area contributed by atoms with Gasteiger partial charge in [0.15, 0.2) is 0 Å². The summed E-state index contributed by atoms with van der Waals surface area (Å²) in [5.41, 5.74) is 2.74. The van der Waals surface area contributed by atoms with E-state index in [0.717, 1.165) is 16.7 Å². The number of halogens is 1. The predicted molar refractivity (Wildman–Crippen MR) is 73.8 cm³/mol. The summed E-state index contributed by atoms with van der Waals surface area (Å²) in [5.74, 6) is 0.442. The highest BCUT2D eigenvalue weighted by molar-refractivity contribution is 6.17. The van der Waals surface area contributed by atoms with Crippen molar-refractivity contribution in [1.82, 2.24) is 5.32 Å². The van der Waals surface area contributed by atoms with Crippen LogP contribution in [0.25, 0.3) is 0 Å². The SMILES string of the molecule is Cc1cccc(CNC(=O)OC(C)(C)C)c1CCl. The summed E-state index contributed by atoms with van der Waals surface area (Å²) in [4.78, 5) is 11.6. The highest BCUT2D eigenvalue weighted by atomic mass is 35.5. The van der Waals surface area contributed by atoms with E-state index in [2.05, 4.69) is 5.32 Å². The molecule has 4 heteroatoms. The van der Waals surface area contributed by atoms with Crippen molar-refractivity contribution in [3.63, 3.8) is 0 Å². The number of hydrogen-bond acceptors (Lipinski definition) is 2. The minimum atomic E-state index is -0.480. The van der Waals surface area contributed by atoms with E-state index in [1.807, 2.05) is 45.9 Å². The molecular weight excluding hydrogens is 250 g/mol. The molecular formula is C14H20ClNO2. The molecule has 0 aromatic heterocycles. The van der Waals surface area contributed by atoms with Crippen LogP contribution in [0.2, 0.25) is 0 Å². The highest BCUT2D eigenvalue weighted by Crippen LogP contribution is 2.16. The van der Waals surface area contributed by atoms with E-state index in [1.54, 1.807) is 0 Å². The first kappa shape index (κ1) is 14.8. The fourth-order valence-electron chi connectivity index (χ4n) is 1.60. The number of benzene rings is 1. The Labute approximate surface area is 113 Å². The summed E-state index contributed by atoms with van der Waals surface area (Å²) in [6.45, 7) is 7.95. The van der Waals surface area contributed by atoms with Crippen LogP contribution in [0.5, 0.6) is 0 Å². The van der Waals surface area contributed by atoms with Crippen LogP contribution >= 0.6 is 11.6 Å². The molecule has 1 N–H and O–H groups in total. The van der Waals surface area contributed by atoms with Gasteiger partial charge in [-0.15, -0.1) is 11.6 Å². The topological polar surface area (TPSA) is 38.3 Å². The second-order valence-corrected chi connectivity index (χ2v) is 5.47. The molecule has 3 nitrogen and oxygen atoms in total. The van der Waals surface area contributed by atoms with Gasteiger partial charge < -0.3 is 10.1 Å². The standard InChI is InChI=1S/C14H20ClNO2/c1-10-6-5-7-11(12(10)8-15)9-16-13(17)18-14(2,3)4/h5-7H,8-9H2,1-4H3,(H,16,17). The number of aryl methyl sites for hydroxylation is 1. The van der Waals surface area contributed by atoms with E-state index in [9.17, 15) is 4.79 Å². The summed E-state index contributed by atoms with van der Waals surface area (Å²) in [6.07, 6.45) is -0.412. The number of alkyl halides is 1. The molecule has 0 aliphatic rings. The summed E-state index contributed by atoms with van der Waals surface area (Å²) in [7, 11) is 0. The largest absolute Gasteiger partial charge is 0.444 e. The van der Waals surface area contributed by atoms with Crippen LogP contribution in [0, 0.1) is 6.92 Å². The van der Waals surface area contributed by atoms with Crippen LogP contribution in [0.4, 0.5) is 4.79 Å². The van der Waals surface area contributed by atoms with Crippen molar-refractivity contribution in [3.8, 4) is 0 Å². The Morgan fingerprint density at radius 3 is 2.61 bits per heavy atom. The van der Waals surface area contributed by atoms with Gasteiger partial charge in [0.2, 0.25) is 0 Å². The van der Waals surface area contributed by atoms with Crippen molar-refractivity contribution in [3.05, 3.63) is 34.9 Å². The molecule has 0 fully saturated rings. The third-order valence-electron chi connectivity index (χ3n) is 2.46. The van der Waals surface area contributed by atoms with Gasteiger partial charge in [0.1, 0.15) is 5.60 Å². The molecule has 1 aromatic carbocycles. The Morgan fingerprint density at radius 1 is 1.39 bits per heavy atom. The zero-order chi connectivity index (χ0) is 13.8. The van der Waals surface area contributed by atoms with E-state index >= 15 is 0 Å². The number of hydrogen-bond donors (Lipinski definition) is 1. The van der Waals surface area contributed by atoms with Crippen molar-refractivity contribution in [2.75, 3.05) is 0 Å². The second kappa shape index (κ2) is 6.10. The Morgan fingerprint density at radius 2 is 2.06 bits per heavy atom. The lowest BCUT2D eigenvalue weighted by molar-refractivity contribution is 0.0523. The minimum Gasteiger partial charge on any atom is -0.444 e. The maximum Gasteiger partial charge on any atom is 0.407 e. The molecule has 0 unspecified atom stereocenters. The van der Waals surface area contributed by atoms with Crippen LogP contribution in [-0.2, 0) is 17.2 Å². The molecule has 1 amide bonds. The molecule has 0 heterocycles. The second-order valence-electron chi connectivity index (χ2n) is 5.20. The molecule has 0 spiro atoms. The van der Waals surface area contributed by atoms with E-state index in [-0.39, 0.29) is 0 Å². The van der Waals surface area contributed by atoms with Gasteiger partial charge in [0, 0.05) is 12.4 Å². The number of amides is 1. The lowest BCUT2D eigenvalue weighted by Crippen LogP contribution is -2.32. The first-order chi connectivity index (χ1) is 8.33. The number of ether oxygens (including phenoxy) is 1. The number of carbonyl (C=O) groups excluding carboxylic acids is 1. The van der Waals surface area contributed by atoms with Crippen LogP contribution in [0.3, 0.4) is 0 Å². The third-order valence-corrected chi connectivity index (χ3v) is 2.73. The van der Waals surface area contributed by atoms with Crippen LogP contribution in [0.15, 0.2) is 18.2 Å². The lowest BCUT2D eigenvalue weighted by Gasteiger charge is -2.20. The van der Waals surface area contributed by atoms with Gasteiger partial charge in [-0.3, -0.25) is 0 Å². The first-order valence-electron chi connectivity index (χ1n) is 5.93. The lowest BCUT2D eigenvalue weighted by atomic mass is 10.0. The van der Waals surface area contributed by atoms with E-state index in [0.29, 0.717) is 12.4 Å². The van der Waals surface area contributed by atoms with E-state index < -0.39 is 11.7 Å². The molecule has 100 valence electrons. The average molecular weight is 270 g/mol. The van der Waals surface area contributed by atoms with E-state index in [4.69, 9.17) is 16.3 Å². The summed E-state index contributed by atoms with van der Waals surface area (Å²) < 4.78 is 5.18. The molecule has 0 radical (unpaired) electrons. The Kier molecular flexibility index (Phi) is 5.03. The number of alkyl carbamates (subject to hydrolysis) is 1. The monoisotopic (exact) mass is 269 g/mol. The minimum absolute atomic E-state index is 0.412. The van der Waals surface area contributed by atoms with Gasteiger partial charge in [-0.25, -0.2) is 4.79 Å². The van der Waals surface area contributed by atoms with Crippen molar-refractivity contribution >= 4 is 17.7 Å². The van der Waals surface area contributed by atoms with Crippen molar-refractivity contribution < 1.29 is 9.53 Å². The molecule has 0 atom stereocenters. The van der Waals surface area contributed by atoms with Crippen LogP contribution in [-0.4, -0.2) is 11.7 Å². The van der Waals surface area contributed by atoms with Crippen molar-refractivity contribution in [1.29, 1.82) is 0 Å². The molecule has 0 aliphatic carbocycles. The van der Waals surface area contributed by atoms with Gasteiger partial charge in [-0.05, 0) is 44.4 Å². The average Bonchev–Trinajstić information content (AvgIpc) is 2.24. The number of nitrogens with one attached hydrogen (secondary N) is 1. The van der Waals surface area contributed by atoms with Gasteiger partial charge in [0.05, 0.1) is 0 Å². The molecule has 0 aliphatic heterocycles. The molecule has 0 saturated carbocycles. The third kappa shape index (κ3) is 4.57. The molecule has 0 bridgehead atoms. The Hall–Kier alpha value is -1.22. The zero-order valence-corrected chi connectivity index (χ0v) is 12.1. The fraction of sp³-hybridized carbons (Fsp3) is 0.500. The van der Waals surface area contributed by atoms with Crippen LogP contribution in [0.1, 0.15) is 37.5 Å². The smallest absolute Gasteiger partial charge is 0.407 e. The normalized spacial score (nSPS) is 11.2. The zero-order valence-electron chi connectivity index (χ0n) is 11.3. The maximum absolute atomic E-state index is 11.6. The number of carbonyl (C=O) groups is 1. The summed E-state index contributed by atoms with van der Waals surface area (Å²) in [5, 5.41) is 2.74. The quantitative estimate of drug-likeness (QED) is 0.849. The Bertz CT molecular complexity index is 424. The highest BCUT2D eigenvalue weighted by Gasteiger charge is 2.16. The molecule has 1 aromatic rings. The molecule has 18 heavy (non-hydrogen) atoms. The molecule has 0 saturated heterocycles. The van der Waals surface area contributed by atoms with Gasteiger partial charge in [0.25, 0.3) is 0 Å². The fourth-order valence-corrected chi connectivity index (χ4v) is 1.98. The van der Waals surface area contributed by atoms with Gasteiger partial charge >= 0.3 is 6.09 Å². The summed E-state index contributed by atoms with van der Waals surface area (Å²) >= 11 is 5.92. The van der Waals surface area contributed by atoms with Gasteiger partial charge in [-0.1, -0.05) is 18.2 Å². The molecule has 1 rings (SSSR count). The maximum atomic E-state index is 11.6.